The lowest BCUT2D eigenvalue weighted by molar-refractivity contribution is -0.134. The molecule has 0 aromatic carbocycles. The first-order valence-corrected chi connectivity index (χ1v) is 7.30. The first kappa shape index (κ1) is 16.9. The molecule has 20 heavy (non-hydrogen) atoms. The molecule has 1 saturated heterocycles. The Balaban J connectivity index is 2.44. The molecular formula is C14H28N4O2. The van der Waals surface area contributed by atoms with Crippen molar-refractivity contribution < 1.29 is 9.59 Å². The van der Waals surface area contributed by atoms with E-state index in [4.69, 9.17) is 5.73 Å². The standard InChI is InChI=1S/C14H28N4O2/c1-10(2)13(15)14(20)16-8-12(19)18-7-5-6-11(18)9-17(3)4/h10-11,13H,5-9,15H2,1-4H3,(H,16,20)/t11?,13-/m0/s1. The molecule has 6 heteroatoms. The molecule has 1 rings (SSSR count). The molecule has 1 fully saturated rings. The maximum atomic E-state index is 12.2. The highest BCUT2D eigenvalue weighted by Gasteiger charge is 2.29. The van der Waals surface area contributed by atoms with Crippen LogP contribution in [-0.2, 0) is 9.59 Å². The van der Waals surface area contributed by atoms with Crippen molar-refractivity contribution in [3.63, 3.8) is 0 Å². The molecule has 1 aliphatic rings. The van der Waals surface area contributed by atoms with Crippen LogP contribution in [0.4, 0.5) is 0 Å². The molecule has 0 aromatic heterocycles. The van der Waals surface area contributed by atoms with Gasteiger partial charge in [0.25, 0.3) is 0 Å². The molecule has 0 saturated carbocycles. The fraction of sp³-hybridized carbons (Fsp3) is 0.857. The van der Waals surface area contributed by atoms with Crippen LogP contribution in [0.3, 0.4) is 0 Å². The zero-order valence-corrected chi connectivity index (χ0v) is 13.1. The topological polar surface area (TPSA) is 78.7 Å². The molecule has 1 aliphatic heterocycles. The van der Waals surface area contributed by atoms with E-state index in [2.05, 4.69) is 10.2 Å². The number of carbonyl (C=O) groups excluding carboxylic acids is 2. The van der Waals surface area contributed by atoms with E-state index in [1.807, 2.05) is 32.8 Å². The summed E-state index contributed by atoms with van der Waals surface area (Å²) < 4.78 is 0. The number of carbonyl (C=O) groups is 2. The number of nitrogens with one attached hydrogen (secondary N) is 1. The first-order valence-electron chi connectivity index (χ1n) is 7.30. The molecule has 3 N–H and O–H groups in total. The van der Waals surface area contributed by atoms with Gasteiger partial charge >= 0.3 is 0 Å². The van der Waals surface area contributed by atoms with Gasteiger partial charge in [-0.25, -0.2) is 0 Å². The van der Waals surface area contributed by atoms with E-state index in [0.717, 1.165) is 25.9 Å². The number of rotatable bonds is 6. The molecule has 2 atom stereocenters. The van der Waals surface area contributed by atoms with E-state index >= 15 is 0 Å². The van der Waals surface area contributed by atoms with Crippen molar-refractivity contribution in [1.29, 1.82) is 0 Å². The summed E-state index contributed by atoms with van der Waals surface area (Å²) in [7, 11) is 4.01. The molecule has 116 valence electrons. The predicted molar refractivity (Wildman–Crippen MR) is 79.1 cm³/mol. The SMILES string of the molecule is CC(C)[C@H](N)C(=O)NCC(=O)N1CCCC1CN(C)C. The Morgan fingerprint density at radius 1 is 1.40 bits per heavy atom. The minimum atomic E-state index is -0.557. The highest BCUT2D eigenvalue weighted by molar-refractivity contribution is 5.87. The van der Waals surface area contributed by atoms with Gasteiger partial charge in [-0.1, -0.05) is 13.8 Å². The smallest absolute Gasteiger partial charge is 0.242 e. The minimum absolute atomic E-state index is 0.0151. The molecule has 0 spiro atoms. The maximum Gasteiger partial charge on any atom is 0.242 e. The summed E-state index contributed by atoms with van der Waals surface area (Å²) in [5.41, 5.74) is 5.75. The molecule has 6 nitrogen and oxygen atoms in total. The number of hydrogen-bond acceptors (Lipinski definition) is 4. The fourth-order valence-electron chi connectivity index (χ4n) is 2.46. The van der Waals surface area contributed by atoms with E-state index in [9.17, 15) is 9.59 Å². The summed E-state index contributed by atoms with van der Waals surface area (Å²) in [6.07, 6.45) is 2.06. The van der Waals surface area contributed by atoms with E-state index in [1.54, 1.807) is 0 Å². The molecule has 0 bridgehead atoms. The largest absolute Gasteiger partial charge is 0.346 e. The fourth-order valence-corrected chi connectivity index (χ4v) is 2.46. The Hall–Kier alpha value is -1.14. The van der Waals surface area contributed by atoms with Gasteiger partial charge in [0.1, 0.15) is 0 Å². The van der Waals surface area contributed by atoms with Crippen molar-refractivity contribution in [2.24, 2.45) is 11.7 Å². The minimum Gasteiger partial charge on any atom is -0.346 e. The predicted octanol–water partition coefficient (Wildman–Crippen LogP) is -0.361. The maximum absolute atomic E-state index is 12.2. The first-order chi connectivity index (χ1) is 9.32. The second kappa shape index (κ2) is 7.59. The average Bonchev–Trinajstić information content (AvgIpc) is 2.81. The van der Waals surface area contributed by atoms with Gasteiger partial charge in [0.2, 0.25) is 11.8 Å². The summed E-state index contributed by atoms with van der Waals surface area (Å²) in [5, 5.41) is 2.65. The van der Waals surface area contributed by atoms with Crippen LogP contribution >= 0.6 is 0 Å². The van der Waals surface area contributed by atoms with Gasteiger partial charge in [-0.15, -0.1) is 0 Å². The van der Waals surface area contributed by atoms with Crippen LogP contribution in [0.15, 0.2) is 0 Å². The summed E-state index contributed by atoms with van der Waals surface area (Å²) in [5.74, 6) is -0.200. The van der Waals surface area contributed by atoms with Gasteiger partial charge in [-0.05, 0) is 32.9 Å². The van der Waals surface area contributed by atoms with Gasteiger partial charge in [0, 0.05) is 19.1 Å². The van der Waals surface area contributed by atoms with Crippen LogP contribution in [0.5, 0.6) is 0 Å². The van der Waals surface area contributed by atoms with Crippen molar-refractivity contribution in [1.82, 2.24) is 15.1 Å². The van der Waals surface area contributed by atoms with Crippen LogP contribution in [0.1, 0.15) is 26.7 Å². The van der Waals surface area contributed by atoms with Gasteiger partial charge < -0.3 is 20.9 Å². The summed E-state index contributed by atoms with van der Waals surface area (Å²) in [4.78, 5) is 27.9. The molecular weight excluding hydrogens is 256 g/mol. The summed E-state index contributed by atoms with van der Waals surface area (Å²) >= 11 is 0. The lowest BCUT2D eigenvalue weighted by Crippen LogP contribution is -2.49. The van der Waals surface area contributed by atoms with Crippen molar-refractivity contribution in [3.8, 4) is 0 Å². The normalized spacial score (nSPS) is 20.6. The average molecular weight is 284 g/mol. The van der Waals surface area contributed by atoms with E-state index in [-0.39, 0.29) is 30.3 Å². The Labute approximate surface area is 121 Å². The van der Waals surface area contributed by atoms with Crippen molar-refractivity contribution in [2.75, 3.05) is 33.7 Å². The summed E-state index contributed by atoms with van der Waals surface area (Å²) in [6.45, 7) is 5.47. The molecule has 0 aromatic rings. The van der Waals surface area contributed by atoms with Crippen LogP contribution in [-0.4, -0.2) is 67.4 Å². The van der Waals surface area contributed by atoms with Crippen LogP contribution in [0.25, 0.3) is 0 Å². The Morgan fingerprint density at radius 3 is 2.60 bits per heavy atom. The molecule has 2 amide bonds. The van der Waals surface area contributed by atoms with Gasteiger partial charge in [0.05, 0.1) is 12.6 Å². The van der Waals surface area contributed by atoms with Gasteiger partial charge in [-0.3, -0.25) is 9.59 Å². The lowest BCUT2D eigenvalue weighted by atomic mass is 10.1. The number of nitrogens with zero attached hydrogens (tertiary/aromatic N) is 2. The number of likely N-dealkylation sites (N-methyl/N-ethyl adjacent to an activating group) is 1. The van der Waals surface area contributed by atoms with Crippen LogP contribution in [0, 0.1) is 5.92 Å². The van der Waals surface area contributed by atoms with E-state index in [1.165, 1.54) is 0 Å². The van der Waals surface area contributed by atoms with Crippen molar-refractivity contribution >= 4 is 11.8 Å². The van der Waals surface area contributed by atoms with Gasteiger partial charge in [0.15, 0.2) is 0 Å². The third-order valence-corrected chi connectivity index (χ3v) is 3.71. The highest BCUT2D eigenvalue weighted by atomic mass is 16.2. The number of hydrogen-bond donors (Lipinski definition) is 2. The molecule has 0 aliphatic carbocycles. The zero-order chi connectivity index (χ0) is 15.3. The lowest BCUT2D eigenvalue weighted by Gasteiger charge is -2.27. The zero-order valence-electron chi connectivity index (χ0n) is 13.1. The van der Waals surface area contributed by atoms with Crippen LogP contribution in [0.2, 0.25) is 0 Å². The van der Waals surface area contributed by atoms with Gasteiger partial charge in [-0.2, -0.15) is 0 Å². The van der Waals surface area contributed by atoms with Crippen LogP contribution < -0.4 is 11.1 Å². The molecule has 1 unspecified atom stereocenters. The second-order valence-electron chi connectivity index (χ2n) is 6.13. The van der Waals surface area contributed by atoms with Crippen molar-refractivity contribution in [3.05, 3.63) is 0 Å². The molecule has 0 radical (unpaired) electrons. The Kier molecular flexibility index (Phi) is 6.42. The van der Waals surface area contributed by atoms with E-state index < -0.39 is 6.04 Å². The quantitative estimate of drug-likeness (QED) is 0.698. The molecule has 1 heterocycles. The number of amides is 2. The number of nitrogens with two attached hydrogens (primary N) is 1. The number of likely N-dealkylation sites (tertiary alicyclic amines) is 1. The third kappa shape index (κ3) is 4.76. The summed E-state index contributed by atoms with van der Waals surface area (Å²) in [6, 6.07) is -0.299. The monoisotopic (exact) mass is 284 g/mol. The second-order valence-corrected chi connectivity index (χ2v) is 6.13. The highest BCUT2D eigenvalue weighted by Crippen LogP contribution is 2.17. The van der Waals surface area contributed by atoms with E-state index in [0.29, 0.717) is 0 Å². The third-order valence-electron chi connectivity index (χ3n) is 3.71. The Morgan fingerprint density at radius 2 is 2.05 bits per heavy atom. The Bertz CT molecular complexity index is 344. The van der Waals surface area contributed by atoms with Crippen molar-refractivity contribution in [2.45, 2.75) is 38.8 Å².